The van der Waals surface area contributed by atoms with Gasteiger partial charge in [0.1, 0.15) is 0 Å². The first-order valence-corrected chi connectivity index (χ1v) is 4.42. The zero-order valence-corrected chi connectivity index (χ0v) is 8.52. The average Bonchev–Trinajstić information content (AvgIpc) is 2.04. The lowest BCUT2D eigenvalue weighted by Gasteiger charge is -2.19. The predicted molar refractivity (Wildman–Crippen MR) is 62.3 cm³/mol. The van der Waals surface area contributed by atoms with Gasteiger partial charge in [-0.2, -0.15) is 0 Å². The number of hydrogen-bond acceptors (Lipinski definition) is 2. The van der Waals surface area contributed by atoms with E-state index in [1.165, 1.54) is 4.90 Å². The maximum atomic E-state index is 7.32. The molecule has 1 aromatic rings. The molecule has 13 heavy (non-hydrogen) atoms. The van der Waals surface area contributed by atoms with Gasteiger partial charge in [-0.3, -0.25) is 15.7 Å². The van der Waals surface area contributed by atoms with Crippen LogP contribution in [0, 0.1) is 10.8 Å². The van der Waals surface area contributed by atoms with Gasteiger partial charge < -0.3 is 0 Å². The zero-order valence-electron chi connectivity index (χ0n) is 6.73. The molecule has 5 heteroatoms. The van der Waals surface area contributed by atoms with E-state index in [1.807, 2.05) is 18.2 Å². The zero-order chi connectivity index (χ0) is 9.84. The van der Waals surface area contributed by atoms with Gasteiger partial charge in [-0.25, -0.2) is 0 Å². The van der Waals surface area contributed by atoms with Crippen LogP contribution in [0.3, 0.4) is 0 Å². The molecule has 68 valence electrons. The molecular weight excluding hydrogens is 202 g/mol. The Balaban J connectivity index is 3.03. The summed E-state index contributed by atoms with van der Waals surface area (Å²) in [6.07, 6.45) is 0. The number of para-hydroxylation sites is 1. The van der Waals surface area contributed by atoms with Gasteiger partial charge in [0.15, 0.2) is 10.3 Å². The molecule has 0 fully saturated rings. The van der Waals surface area contributed by atoms with E-state index in [0.29, 0.717) is 5.69 Å². The Morgan fingerprint density at radius 3 is 1.85 bits per heavy atom. The summed E-state index contributed by atoms with van der Waals surface area (Å²) in [7, 11) is 0. The fourth-order valence-electron chi connectivity index (χ4n) is 0.922. The van der Waals surface area contributed by atoms with Gasteiger partial charge in [0.05, 0.1) is 5.69 Å². The Labute approximate surface area is 87.6 Å². The summed E-state index contributed by atoms with van der Waals surface area (Å²) in [6, 6.07) is 9.10. The van der Waals surface area contributed by atoms with Crippen molar-refractivity contribution in [2.75, 3.05) is 4.90 Å². The maximum absolute atomic E-state index is 7.32. The molecule has 0 atom stereocenters. The Hall–Kier alpha value is -0.940. The van der Waals surface area contributed by atoms with E-state index in [-0.39, 0.29) is 10.3 Å². The molecule has 0 amide bonds. The molecule has 0 radical (unpaired) electrons. The number of amidine groups is 2. The van der Waals surface area contributed by atoms with E-state index < -0.39 is 0 Å². The Morgan fingerprint density at radius 1 is 1.00 bits per heavy atom. The standard InChI is InChI=1S/C8H9N3S2/c9-7(12)11(8(10)13)6-4-2-1-3-5-6/h1-5H,(H2,9,12)(H2,10,13). The summed E-state index contributed by atoms with van der Waals surface area (Å²) >= 11 is 7.73. The van der Waals surface area contributed by atoms with Crippen LogP contribution in [0.15, 0.2) is 30.3 Å². The third-order valence-corrected chi connectivity index (χ3v) is 1.84. The summed E-state index contributed by atoms with van der Waals surface area (Å²) < 4.78 is 0. The van der Waals surface area contributed by atoms with Crippen molar-refractivity contribution in [3.05, 3.63) is 30.3 Å². The van der Waals surface area contributed by atoms with E-state index in [1.54, 1.807) is 12.1 Å². The van der Waals surface area contributed by atoms with Crippen LogP contribution < -0.4 is 4.90 Å². The minimum Gasteiger partial charge on any atom is -0.278 e. The fourth-order valence-corrected chi connectivity index (χ4v) is 1.43. The summed E-state index contributed by atoms with van der Waals surface area (Å²) in [5.41, 5.74) is 0.711. The van der Waals surface area contributed by atoms with Crippen LogP contribution in [0.1, 0.15) is 0 Å². The number of anilines is 1. The lowest BCUT2D eigenvalue weighted by atomic mass is 10.3. The lowest BCUT2D eigenvalue weighted by molar-refractivity contribution is 1.36. The fraction of sp³-hybridized carbons (Fsp3) is 0. The molecule has 0 saturated carbocycles. The third kappa shape index (κ3) is 2.50. The Morgan fingerprint density at radius 2 is 1.46 bits per heavy atom. The molecule has 0 aliphatic rings. The van der Waals surface area contributed by atoms with Gasteiger partial charge in [0, 0.05) is 0 Å². The molecule has 0 bridgehead atoms. The summed E-state index contributed by atoms with van der Waals surface area (Å²) in [4.78, 5) is 1.31. The van der Waals surface area contributed by atoms with Crippen molar-refractivity contribution in [1.29, 1.82) is 10.8 Å². The van der Waals surface area contributed by atoms with E-state index in [0.717, 1.165) is 0 Å². The molecule has 1 rings (SSSR count). The highest BCUT2D eigenvalue weighted by Gasteiger charge is 2.10. The van der Waals surface area contributed by atoms with Crippen molar-refractivity contribution >= 4 is 41.3 Å². The molecule has 0 aliphatic carbocycles. The number of nitrogens with zero attached hydrogens (tertiary/aromatic N) is 1. The largest absolute Gasteiger partial charge is 0.278 e. The van der Waals surface area contributed by atoms with Crippen LogP contribution in [0.4, 0.5) is 5.69 Å². The van der Waals surface area contributed by atoms with Crippen molar-refractivity contribution < 1.29 is 0 Å². The third-order valence-electron chi connectivity index (χ3n) is 1.44. The second kappa shape index (κ2) is 4.34. The molecular formula is C8H9N3S2. The van der Waals surface area contributed by atoms with Crippen molar-refractivity contribution in [2.24, 2.45) is 0 Å². The molecule has 0 aliphatic heterocycles. The Kier molecular flexibility index (Phi) is 3.39. The van der Waals surface area contributed by atoms with Crippen LogP contribution in [0.2, 0.25) is 0 Å². The molecule has 3 nitrogen and oxygen atoms in total. The number of hydrogen-bond donors (Lipinski definition) is 4. The van der Waals surface area contributed by atoms with E-state index in [2.05, 4.69) is 25.3 Å². The van der Waals surface area contributed by atoms with Gasteiger partial charge in [0.25, 0.3) is 0 Å². The normalized spacial score (nSPS) is 9.38. The highest BCUT2D eigenvalue weighted by atomic mass is 32.1. The highest BCUT2D eigenvalue weighted by Crippen LogP contribution is 2.15. The van der Waals surface area contributed by atoms with Crippen molar-refractivity contribution in [3.63, 3.8) is 0 Å². The number of thiol groups is 2. The van der Waals surface area contributed by atoms with Crippen LogP contribution in [-0.2, 0) is 0 Å². The average molecular weight is 211 g/mol. The molecule has 0 spiro atoms. The predicted octanol–water partition coefficient (Wildman–Crippen LogP) is 2.22. The number of rotatable bonds is 1. The lowest BCUT2D eigenvalue weighted by Crippen LogP contribution is -2.29. The van der Waals surface area contributed by atoms with Gasteiger partial charge in [0.2, 0.25) is 0 Å². The second-order valence-electron chi connectivity index (χ2n) is 2.32. The quantitative estimate of drug-likeness (QED) is 0.321. The van der Waals surface area contributed by atoms with E-state index in [9.17, 15) is 0 Å². The first-order valence-electron chi connectivity index (χ1n) is 3.53. The van der Waals surface area contributed by atoms with Crippen LogP contribution in [0.25, 0.3) is 0 Å². The van der Waals surface area contributed by atoms with Crippen molar-refractivity contribution in [2.45, 2.75) is 0 Å². The van der Waals surface area contributed by atoms with E-state index in [4.69, 9.17) is 10.8 Å². The molecule has 0 heterocycles. The summed E-state index contributed by atoms with van der Waals surface area (Å²) in [6.45, 7) is 0. The monoisotopic (exact) mass is 211 g/mol. The van der Waals surface area contributed by atoms with Crippen LogP contribution in [0.5, 0.6) is 0 Å². The maximum Gasteiger partial charge on any atom is 0.163 e. The first kappa shape index (κ1) is 10.1. The topological polar surface area (TPSA) is 50.9 Å². The van der Waals surface area contributed by atoms with Crippen molar-refractivity contribution in [3.8, 4) is 0 Å². The summed E-state index contributed by atoms with van der Waals surface area (Å²) in [5.74, 6) is 0. The SMILES string of the molecule is N=C(S)N(C(=N)S)c1ccccc1. The smallest absolute Gasteiger partial charge is 0.163 e. The molecule has 1 aromatic carbocycles. The van der Waals surface area contributed by atoms with E-state index >= 15 is 0 Å². The van der Waals surface area contributed by atoms with Crippen LogP contribution >= 0.6 is 25.3 Å². The molecule has 2 N–H and O–H groups in total. The van der Waals surface area contributed by atoms with Gasteiger partial charge in [-0.15, -0.1) is 25.3 Å². The van der Waals surface area contributed by atoms with Gasteiger partial charge >= 0.3 is 0 Å². The number of nitrogens with one attached hydrogen (secondary N) is 2. The van der Waals surface area contributed by atoms with Crippen LogP contribution in [-0.4, -0.2) is 10.3 Å². The number of benzene rings is 1. The molecule has 0 unspecified atom stereocenters. The Bertz CT molecular complexity index is 309. The summed E-state index contributed by atoms with van der Waals surface area (Å²) in [5, 5.41) is 14.6. The molecule has 0 saturated heterocycles. The van der Waals surface area contributed by atoms with Crippen molar-refractivity contribution in [1.82, 2.24) is 0 Å². The minimum absolute atomic E-state index is 0.0220. The minimum atomic E-state index is -0.0220. The van der Waals surface area contributed by atoms with Gasteiger partial charge in [-0.1, -0.05) is 18.2 Å². The van der Waals surface area contributed by atoms with Gasteiger partial charge in [-0.05, 0) is 12.1 Å². The second-order valence-corrected chi connectivity index (χ2v) is 3.17. The first-order chi connectivity index (χ1) is 6.13. The molecule has 0 aromatic heterocycles. The highest BCUT2D eigenvalue weighted by molar-refractivity contribution is 7.99.